The van der Waals surface area contributed by atoms with Crippen LogP contribution in [0.2, 0.25) is 0 Å². The highest BCUT2D eigenvalue weighted by molar-refractivity contribution is 5.51. The largest absolute Gasteiger partial charge is 0.192 e. The summed E-state index contributed by atoms with van der Waals surface area (Å²) in [7, 11) is 0. The van der Waals surface area contributed by atoms with Crippen LogP contribution < -0.4 is 15.8 Å². The molecule has 0 aliphatic rings. The predicted molar refractivity (Wildman–Crippen MR) is 42.2 cm³/mol. The number of nitrogens with zero attached hydrogens (tertiary/aromatic N) is 2. The van der Waals surface area contributed by atoms with Crippen LogP contribution in [0, 0.1) is 11.3 Å². The zero-order chi connectivity index (χ0) is 8.27. The van der Waals surface area contributed by atoms with E-state index in [0.29, 0.717) is 16.0 Å². The summed E-state index contributed by atoms with van der Waals surface area (Å²) in [6.45, 7) is 3.62. The van der Waals surface area contributed by atoms with E-state index in [1.54, 1.807) is 18.2 Å². The van der Waals surface area contributed by atoms with Crippen molar-refractivity contribution in [2.24, 2.45) is 0 Å². The van der Waals surface area contributed by atoms with Crippen LogP contribution in [-0.4, -0.2) is 5.87 Å². The molecule has 0 fully saturated rings. The Kier molecular flexibility index (Phi) is 1.87. The first-order chi connectivity index (χ1) is 5.29. The second-order valence-electron chi connectivity index (χ2n) is 2.06. The minimum absolute atomic E-state index is 0.462. The lowest BCUT2D eigenvalue weighted by molar-refractivity contribution is 1.43. The third-order valence-corrected chi connectivity index (χ3v) is 1.42. The number of hydrogen-bond donors (Lipinski definition) is 0. The van der Waals surface area contributed by atoms with Crippen molar-refractivity contribution in [3.8, 4) is 6.07 Å². The molecule has 0 aliphatic heterocycles. The van der Waals surface area contributed by atoms with Gasteiger partial charge < -0.3 is 0 Å². The van der Waals surface area contributed by atoms with Gasteiger partial charge in [0.1, 0.15) is 0 Å². The van der Waals surface area contributed by atoms with Gasteiger partial charge in [0.15, 0.2) is 0 Å². The lowest BCUT2D eigenvalue weighted by Gasteiger charge is -1.86. The summed E-state index contributed by atoms with van der Waals surface area (Å²) in [5.74, 6) is 1.96. The fourth-order valence-electron chi connectivity index (χ4n) is 0.796. The van der Waals surface area contributed by atoms with Crippen molar-refractivity contribution in [2.45, 2.75) is 0 Å². The normalized spacial score (nSPS) is 8.27. The van der Waals surface area contributed by atoms with E-state index in [0.717, 1.165) is 0 Å². The molecular formula is C9H5N2. The lowest BCUT2D eigenvalue weighted by atomic mass is 10.2. The Hall–Kier alpha value is -1.84. The Morgan fingerprint density at radius 3 is 2.64 bits per heavy atom. The lowest BCUT2D eigenvalue weighted by Crippen LogP contribution is -2.26. The van der Waals surface area contributed by atoms with Gasteiger partial charge in [0.25, 0.3) is 0 Å². The second-order valence-corrected chi connectivity index (χ2v) is 2.06. The topological polar surface area (TPSA) is 46.1 Å². The number of hydrogen-bond acceptors (Lipinski definition) is 1. The molecule has 1 rings (SSSR count). The van der Waals surface area contributed by atoms with Crippen LogP contribution >= 0.6 is 0 Å². The smallest absolute Gasteiger partial charge is 0.0998 e. The van der Waals surface area contributed by atoms with Gasteiger partial charge in [-0.2, -0.15) is 5.26 Å². The molecule has 0 bridgehead atoms. The molecule has 0 N–H and O–H groups in total. The standard InChI is InChI=1S/C9H5N2/c1-7-8(5-10)3-2-4-9(7)6-11/h2-4H,1H2. The maximum absolute atomic E-state index is 8.54. The molecule has 51 valence electrons. The van der Waals surface area contributed by atoms with Crippen LogP contribution in [0.25, 0.3) is 6.58 Å². The van der Waals surface area contributed by atoms with Crippen LogP contribution in [0.5, 0.6) is 0 Å². The monoisotopic (exact) mass is 141 g/mol. The van der Waals surface area contributed by atoms with E-state index in [1.807, 2.05) is 11.9 Å². The quantitative estimate of drug-likeness (QED) is 0.432. The maximum Gasteiger partial charge on any atom is 0.0998 e. The first-order valence-electron chi connectivity index (χ1n) is 3.04. The Labute approximate surface area is 64.2 Å². The Morgan fingerprint density at radius 2 is 2.09 bits per heavy atom. The second kappa shape index (κ2) is 2.83. The van der Waals surface area contributed by atoms with Crippen molar-refractivity contribution in [3.05, 3.63) is 34.2 Å². The molecule has 1 aromatic rings. The van der Waals surface area contributed by atoms with Gasteiger partial charge in [-0.25, -0.2) is 0 Å². The maximum atomic E-state index is 8.54. The van der Waals surface area contributed by atoms with Crippen LogP contribution in [0.3, 0.4) is 0 Å². The van der Waals surface area contributed by atoms with Gasteiger partial charge in [-0.05, 0) is 12.1 Å². The Bertz CT molecular complexity index is 434. The van der Waals surface area contributed by atoms with E-state index in [4.69, 9.17) is 10.7 Å². The SMILES string of the molecule is C=c1c(C#N)cccc1=C=[N]. The molecular weight excluding hydrogens is 136 g/mol. The summed E-state index contributed by atoms with van der Waals surface area (Å²) >= 11 is 0. The van der Waals surface area contributed by atoms with E-state index in [2.05, 4.69) is 6.58 Å². The van der Waals surface area contributed by atoms with E-state index in [1.165, 1.54) is 0 Å². The van der Waals surface area contributed by atoms with Gasteiger partial charge in [0, 0.05) is 16.3 Å². The van der Waals surface area contributed by atoms with Crippen molar-refractivity contribution < 1.29 is 0 Å². The Balaban J connectivity index is 3.77. The molecule has 0 amide bonds. The fourth-order valence-corrected chi connectivity index (χ4v) is 0.796. The summed E-state index contributed by atoms with van der Waals surface area (Å²) < 4.78 is 0. The number of nitriles is 1. The first kappa shape index (κ1) is 7.27. The molecule has 2 heteroatoms. The molecule has 0 aliphatic carbocycles. The highest BCUT2D eigenvalue weighted by Crippen LogP contribution is 1.81. The number of benzene rings is 1. The molecule has 11 heavy (non-hydrogen) atoms. The summed E-state index contributed by atoms with van der Waals surface area (Å²) in [4.78, 5) is 0. The molecule has 2 nitrogen and oxygen atoms in total. The summed E-state index contributed by atoms with van der Waals surface area (Å²) in [6.07, 6.45) is 0. The molecule has 0 heterocycles. The molecule has 0 unspecified atom stereocenters. The average molecular weight is 141 g/mol. The third kappa shape index (κ3) is 1.19. The minimum atomic E-state index is 0.462. The molecule has 1 aromatic carbocycles. The molecule has 0 aromatic heterocycles. The van der Waals surface area contributed by atoms with Crippen molar-refractivity contribution in [1.29, 1.82) is 5.26 Å². The highest BCUT2D eigenvalue weighted by atomic mass is 14.3. The molecule has 0 saturated carbocycles. The summed E-state index contributed by atoms with van der Waals surface area (Å²) in [5.41, 5.74) is 0.462. The van der Waals surface area contributed by atoms with Gasteiger partial charge in [0.2, 0.25) is 0 Å². The van der Waals surface area contributed by atoms with E-state index < -0.39 is 0 Å². The molecule has 0 spiro atoms. The number of rotatable bonds is 0. The van der Waals surface area contributed by atoms with E-state index >= 15 is 0 Å². The van der Waals surface area contributed by atoms with Gasteiger partial charge >= 0.3 is 0 Å². The molecule has 0 saturated heterocycles. The van der Waals surface area contributed by atoms with E-state index in [9.17, 15) is 0 Å². The summed E-state index contributed by atoms with van der Waals surface area (Å²) in [5, 5.41) is 18.1. The van der Waals surface area contributed by atoms with Crippen LogP contribution in [0.15, 0.2) is 18.2 Å². The van der Waals surface area contributed by atoms with Gasteiger partial charge in [-0.1, -0.05) is 18.1 Å². The van der Waals surface area contributed by atoms with Crippen molar-refractivity contribution in [2.75, 3.05) is 0 Å². The van der Waals surface area contributed by atoms with Crippen LogP contribution in [-0.2, 0) is 0 Å². The van der Waals surface area contributed by atoms with Crippen molar-refractivity contribution in [3.63, 3.8) is 0 Å². The molecule has 1 radical (unpaired) electrons. The van der Waals surface area contributed by atoms with Crippen LogP contribution in [0.4, 0.5) is 0 Å². The highest BCUT2D eigenvalue weighted by Gasteiger charge is 1.89. The zero-order valence-corrected chi connectivity index (χ0v) is 5.83. The molecule has 0 atom stereocenters. The van der Waals surface area contributed by atoms with Crippen molar-refractivity contribution >= 4 is 12.4 Å². The zero-order valence-electron chi connectivity index (χ0n) is 5.83. The Morgan fingerprint density at radius 1 is 1.36 bits per heavy atom. The third-order valence-electron chi connectivity index (χ3n) is 1.42. The van der Waals surface area contributed by atoms with Crippen LogP contribution in [0.1, 0.15) is 5.56 Å². The van der Waals surface area contributed by atoms with E-state index in [-0.39, 0.29) is 0 Å². The first-order valence-corrected chi connectivity index (χ1v) is 3.04. The van der Waals surface area contributed by atoms with Crippen molar-refractivity contribution in [1.82, 2.24) is 5.41 Å². The van der Waals surface area contributed by atoms with Gasteiger partial charge in [-0.15, -0.1) is 0 Å². The average Bonchev–Trinajstić information content (AvgIpc) is 2.05. The predicted octanol–water partition coefficient (Wildman–Crippen LogP) is -0.890. The van der Waals surface area contributed by atoms with Gasteiger partial charge in [-0.3, -0.25) is 0 Å². The minimum Gasteiger partial charge on any atom is -0.192 e. The summed E-state index contributed by atoms with van der Waals surface area (Å²) in [6, 6.07) is 6.91. The van der Waals surface area contributed by atoms with Gasteiger partial charge in [0.05, 0.1) is 11.6 Å². The fraction of sp³-hybridized carbons (Fsp3) is 0.